The van der Waals surface area contributed by atoms with Crippen molar-refractivity contribution < 1.29 is 23.4 Å². The molecule has 1 amide bonds. The summed E-state index contributed by atoms with van der Waals surface area (Å²) in [5.41, 5.74) is -0.575. The summed E-state index contributed by atoms with van der Waals surface area (Å²) < 4.78 is 35.7. The molecule has 1 saturated heterocycles. The Kier molecular flexibility index (Phi) is 6.24. The Morgan fingerprint density at radius 3 is 2.59 bits per heavy atom. The lowest BCUT2D eigenvalue weighted by Crippen LogP contribution is -2.59. The van der Waals surface area contributed by atoms with Crippen molar-refractivity contribution in [2.24, 2.45) is 5.41 Å². The first-order valence-corrected chi connectivity index (χ1v) is 11.1. The fraction of sp³-hybridized carbons (Fsp3) is 0.375. The number of piperazine rings is 1. The van der Waals surface area contributed by atoms with Crippen LogP contribution in [0.15, 0.2) is 30.6 Å². The number of rotatable bonds is 3. The van der Waals surface area contributed by atoms with Crippen molar-refractivity contribution in [1.82, 2.24) is 14.9 Å². The third kappa shape index (κ3) is 4.09. The molecule has 0 spiro atoms. The molecule has 34 heavy (non-hydrogen) atoms. The van der Waals surface area contributed by atoms with Crippen LogP contribution in [-0.4, -0.2) is 58.9 Å². The number of methoxy groups -OCH3 is 1. The highest BCUT2D eigenvalue weighted by molar-refractivity contribution is 6.34. The number of nitrogens with zero attached hydrogens (tertiary/aromatic N) is 4. The lowest BCUT2D eigenvalue weighted by Gasteiger charge is -2.46. The standard InChI is InChI=1S/C24H25ClF2N4O3/c1-24(2,3)17-11-30(8-9-31(17)23(32)33)22-13-10-14(25)18(20(27)21(13)28-12-29-22)19-15(26)6-5-7-16(19)34-4/h5-7,10,12,17H,8-9,11H2,1-4H3,(H,32,33). The number of carbonyl (C=O) groups is 1. The number of benzene rings is 2. The summed E-state index contributed by atoms with van der Waals surface area (Å²) in [6.45, 7) is 6.92. The molecule has 1 aliphatic rings. The SMILES string of the molecule is COc1cccc(F)c1-c1c(Cl)cc2c(N3CCN(C(=O)O)C(C(C)(C)C)C3)ncnc2c1F. The first-order valence-electron chi connectivity index (χ1n) is 10.7. The molecule has 3 aromatic rings. The van der Waals surface area contributed by atoms with Gasteiger partial charge < -0.3 is 19.6 Å². The number of hydrogen-bond donors (Lipinski definition) is 1. The van der Waals surface area contributed by atoms with Gasteiger partial charge in [-0.15, -0.1) is 0 Å². The van der Waals surface area contributed by atoms with E-state index >= 15 is 4.39 Å². The normalized spacial score (nSPS) is 16.7. The van der Waals surface area contributed by atoms with Crippen LogP contribution >= 0.6 is 11.6 Å². The number of carboxylic acid groups (broad SMARTS) is 1. The van der Waals surface area contributed by atoms with Gasteiger partial charge in [-0.1, -0.05) is 38.4 Å². The van der Waals surface area contributed by atoms with E-state index < -0.39 is 17.7 Å². The van der Waals surface area contributed by atoms with Crippen LogP contribution in [0.1, 0.15) is 20.8 Å². The van der Waals surface area contributed by atoms with Crippen LogP contribution in [0.3, 0.4) is 0 Å². The van der Waals surface area contributed by atoms with Crippen LogP contribution in [0.5, 0.6) is 5.75 Å². The first kappa shape index (κ1) is 23.9. The third-order valence-corrected chi connectivity index (χ3v) is 6.47. The average molecular weight is 491 g/mol. The molecule has 4 rings (SSSR count). The summed E-state index contributed by atoms with van der Waals surface area (Å²) in [7, 11) is 1.37. The van der Waals surface area contributed by atoms with Crippen LogP contribution in [0.4, 0.5) is 19.4 Å². The highest BCUT2D eigenvalue weighted by Crippen LogP contribution is 2.42. The molecule has 0 bridgehead atoms. The van der Waals surface area contributed by atoms with Crippen molar-refractivity contribution in [3.63, 3.8) is 0 Å². The predicted octanol–water partition coefficient (Wildman–Crippen LogP) is 5.45. The molecule has 10 heteroatoms. The molecule has 0 saturated carbocycles. The zero-order valence-corrected chi connectivity index (χ0v) is 20.0. The van der Waals surface area contributed by atoms with Gasteiger partial charge in [-0.3, -0.25) is 0 Å². The topological polar surface area (TPSA) is 78.8 Å². The molecule has 1 atom stereocenters. The molecule has 0 aliphatic carbocycles. The fourth-order valence-corrected chi connectivity index (χ4v) is 4.75. The second kappa shape index (κ2) is 8.87. The number of anilines is 1. The number of ether oxygens (including phenoxy) is 1. The number of halogens is 3. The maximum Gasteiger partial charge on any atom is 0.407 e. The van der Waals surface area contributed by atoms with Gasteiger partial charge in [-0.05, 0) is 23.6 Å². The van der Waals surface area contributed by atoms with E-state index in [0.29, 0.717) is 24.3 Å². The number of hydrogen-bond acceptors (Lipinski definition) is 5. The molecule has 180 valence electrons. The van der Waals surface area contributed by atoms with Crippen molar-refractivity contribution in [2.75, 3.05) is 31.6 Å². The van der Waals surface area contributed by atoms with Crippen LogP contribution in [0, 0.1) is 17.0 Å². The lowest BCUT2D eigenvalue weighted by atomic mass is 9.84. The Morgan fingerprint density at radius 2 is 1.94 bits per heavy atom. The first-order chi connectivity index (χ1) is 16.0. The van der Waals surface area contributed by atoms with E-state index in [2.05, 4.69) is 9.97 Å². The largest absolute Gasteiger partial charge is 0.496 e. The molecule has 0 radical (unpaired) electrons. The lowest BCUT2D eigenvalue weighted by molar-refractivity contribution is 0.0747. The molecule has 1 fully saturated rings. The average Bonchev–Trinajstić information content (AvgIpc) is 2.78. The van der Waals surface area contributed by atoms with Crippen molar-refractivity contribution in [3.05, 3.63) is 47.2 Å². The maximum atomic E-state index is 15.8. The summed E-state index contributed by atoms with van der Waals surface area (Å²) >= 11 is 6.50. The van der Waals surface area contributed by atoms with Crippen LogP contribution < -0.4 is 9.64 Å². The van der Waals surface area contributed by atoms with Crippen LogP contribution in [0.2, 0.25) is 5.02 Å². The summed E-state index contributed by atoms with van der Waals surface area (Å²) in [5, 5.41) is 10.00. The van der Waals surface area contributed by atoms with E-state index in [-0.39, 0.29) is 45.4 Å². The number of fused-ring (bicyclic) bond motifs is 1. The van der Waals surface area contributed by atoms with Crippen LogP contribution in [0.25, 0.3) is 22.0 Å². The molecule has 1 aromatic heterocycles. The predicted molar refractivity (Wildman–Crippen MR) is 127 cm³/mol. The van der Waals surface area contributed by atoms with E-state index in [0.717, 1.165) is 0 Å². The Balaban J connectivity index is 1.85. The van der Waals surface area contributed by atoms with Gasteiger partial charge in [0.25, 0.3) is 0 Å². The Labute approximate surface area is 200 Å². The second-order valence-electron chi connectivity index (χ2n) is 9.26. The number of aromatic nitrogens is 2. The zero-order valence-electron chi connectivity index (χ0n) is 19.3. The van der Waals surface area contributed by atoms with Gasteiger partial charge in [0.1, 0.15) is 29.2 Å². The van der Waals surface area contributed by atoms with Gasteiger partial charge in [0, 0.05) is 30.6 Å². The smallest absolute Gasteiger partial charge is 0.407 e. The van der Waals surface area contributed by atoms with Gasteiger partial charge in [0.15, 0.2) is 5.82 Å². The molecule has 7 nitrogen and oxygen atoms in total. The summed E-state index contributed by atoms with van der Waals surface area (Å²) in [4.78, 5) is 23.6. The highest BCUT2D eigenvalue weighted by Gasteiger charge is 2.39. The van der Waals surface area contributed by atoms with Gasteiger partial charge in [0.2, 0.25) is 0 Å². The maximum absolute atomic E-state index is 15.8. The monoisotopic (exact) mass is 490 g/mol. The Bertz CT molecular complexity index is 1270. The second-order valence-corrected chi connectivity index (χ2v) is 9.67. The van der Waals surface area contributed by atoms with Crippen molar-refractivity contribution >= 4 is 34.4 Å². The summed E-state index contributed by atoms with van der Waals surface area (Å²) in [6.07, 6.45) is 0.261. The Hall–Kier alpha value is -3.20. The zero-order chi connectivity index (χ0) is 24.8. The minimum Gasteiger partial charge on any atom is -0.496 e. The van der Waals surface area contributed by atoms with Crippen molar-refractivity contribution in [1.29, 1.82) is 0 Å². The van der Waals surface area contributed by atoms with Gasteiger partial charge >= 0.3 is 6.09 Å². The molecule has 1 unspecified atom stereocenters. The van der Waals surface area contributed by atoms with Crippen molar-refractivity contribution in [2.45, 2.75) is 26.8 Å². The van der Waals surface area contributed by atoms with E-state index in [9.17, 15) is 14.3 Å². The van der Waals surface area contributed by atoms with E-state index in [4.69, 9.17) is 16.3 Å². The molecule has 2 heterocycles. The molecule has 1 aliphatic heterocycles. The number of amides is 1. The summed E-state index contributed by atoms with van der Waals surface area (Å²) in [5.74, 6) is -0.873. The summed E-state index contributed by atoms with van der Waals surface area (Å²) in [6, 6.07) is 5.40. The quantitative estimate of drug-likeness (QED) is 0.526. The fourth-order valence-electron chi connectivity index (χ4n) is 4.46. The van der Waals surface area contributed by atoms with E-state index in [1.54, 1.807) is 0 Å². The molecule has 1 N–H and O–H groups in total. The van der Waals surface area contributed by atoms with E-state index in [1.807, 2.05) is 25.7 Å². The minimum absolute atomic E-state index is 0.0114. The van der Waals surface area contributed by atoms with Gasteiger partial charge in [-0.2, -0.15) is 0 Å². The van der Waals surface area contributed by atoms with Gasteiger partial charge in [0.05, 0.1) is 23.7 Å². The highest BCUT2D eigenvalue weighted by atomic mass is 35.5. The molecular formula is C24H25ClF2N4O3. The van der Waals surface area contributed by atoms with Crippen LogP contribution in [-0.2, 0) is 0 Å². The molecule has 2 aromatic carbocycles. The van der Waals surface area contributed by atoms with E-state index in [1.165, 1.54) is 42.6 Å². The Morgan fingerprint density at radius 1 is 1.21 bits per heavy atom. The third-order valence-electron chi connectivity index (χ3n) is 6.17. The minimum atomic E-state index is -0.982. The van der Waals surface area contributed by atoms with Crippen molar-refractivity contribution in [3.8, 4) is 16.9 Å². The molecular weight excluding hydrogens is 466 g/mol. The van der Waals surface area contributed by atoms with Gasteiger partial charge in [-0.25, -0.2) is 23.5 Å².